The monoisotopic (exact) mass is 332 g/mol. The van der Waals surface area contributed by atoms with Gasteiger partial charge in [-0.2, -0.15) is 0 Å². The number of anilines is 1. The van der Waals surface area contributed by atoms with E-state index in [1.807, 2.05) is 18.2 Å². The van der Waals surface area contributed by atoms with Gasteiger partial charge in [-0.25, -0.2) is 0 Å². The van der Waals surface area contributed by atoms with Crippen molar-refractivity contribution in [3.63, 3.8) is 0 Å². The molecule has 1 saturated carbocycles. The number of rotatable bonds is 7. The molecule has 1 N–H and O–H groups in total. The maximum Gasteiger partial charge on any atom is 0.246 e. The number of ether oxygens (including phenoxy) is 2. The first-order valence-electron chi connectivity index (χ1n) is 9.02. The summed E-state index contributed by atoms with van der Waals surface area (Å²) in [4.78, 5) is 14.3. The number of hydrogen-bond acceptors (Lipinski definition) is 4. The van der Waals surface area contributed by atoms with Crippen LogP contribution in [0.1, 0.15) is 32.1 Å². The third-order valence-corrected chi connectivity index (χ3v) is 5.05. The minimum absolute atomic E-state index is 0.0117. The lowest BCUT2D eigenvalue weighted by molar-refractivity contribution is -0.127. The normalized spacial score (nSPS) is 21.2. The van der Waals surface area contributed by atoms with Crippen LogP contribution in [0.5, 0.6) is 5.75 Å². The van der Waals surface area contributed by atoms with Gasteiger partial charge in [-0.3, -0.25) is 4.79 Å². The molecule has 1 amide bonds. The number of hydrogen-bond donors (Lipinski definition) is 1. The van der Waals surface area contributed by atoms with Crippen LogP contribution in [0.3, 0.4) is 0 Å². The van der Waals surface area contributed by atoms with Gasteiger partial charge < -0.3 is 19.7 Å². The van der Waals surface area contributed by atoms with E-state index >= 15 is 0 Å². The van der Waals surface area contributed by atoms with Crippen LogP contribution < -0.4 is 15.0 Å². The number of amides is 1. The van der Waals surface area contributed by atoms with E-state index in [1.165, 1.54) is 12.8 Å². The second-order valence-electron chi connectivity index (χ2n) is 6.79. The summed E-state index contributed by atoms with van der Waals surface area (Å²) < 4.78 is 11.1. The Hall–Kier alpha value is -1.75. The average molecular weight is 332 g/mol. The lowest BCUT2D eigenvalue weighted by Crippen LogP contribution is -2.34. The fourth-order valence-corrected chi connectivity index (χ4v) is 3.67. The molecule has 1 heterocycles. The van der Waals surface area contributed by atoms with Crippen LogP contribution in [-0.2, 0) is 9.53 Å². The highest BCUT2D eigenvalue weighted by Crippen LogP contribution is 2.31. The molecule has 132 valence electrons. The molecule has 1 atom stereocenters. The minimum Gasteiger partial charge on any atom is -0.495 e. The third kappa shape index (κ3) is 4.41. The van der Waals surface area contributed by atoms with E-state index < -0.39 is 0 Å². The maximum atomic E-state index is 11.9. The molecule has 3 rings (SSSR count). The summed E-state index contributed by atoms with van der Waals surface area (Å²) in [5, 5.41) is 3.03. The summed E-state index contributed by atoms with van der Waals surface area (Å²) in [7, 11) is 1.71. The average Bonchev–Trinajstić information content (AvgIpc) is 3.29. The van der Waals surface area contributed by atoms with Crippen molar-refractivity contribution < 1.29 is 14.3 Å². The van der Waals surface area contributed by atoms with E-state index in [9.17, 15) is 4.79 Å². The van der Waals surface area contributed by atoms with Crippen molar-refractivity contribution in [2.75, 3.05) is 38.3 Å². The molecular weight excluding hydrogens is 304 g/mol. The van der Waals surface area contributed by atoms with Gasteiger partial charge in [0, 0.05) is 19.6 Å². The molecule has 0 spiro atoms. The molecule has 2 fully saturated rings. The van der Waals surface area contributed by atoms with Crippen molar-refractivity contribution in [3.8, 4) is 5.75 Å². The first kappa shape index (κ1) is 17.1. The predicted octanol–water partition coefficient (Wildman–Crippen LogP) is 2.60. The fourth-order valence-electron chi connectivity index (χ4n) is 3.67. The van der Waals surface area contributed by atoms with Crippen molar-refractivity contribution in [3.05, 3.63) is 24.3 Å². The van der Waals surface area contributed by atoms with Crippen molar-refractivity contribution in [2.24, 2.45) is 5.92 Å². The molecular formula is C19H28N2O3. The lowest BCUT2D eigenvalue weighted by atomic mass is 10.1. The van der Waals surface area contributed by atoms with E-state index in [1.54, 1.807) is 7.11 Å². The Morgan fingerprint density at radius 3 is 2.83 bits per heavy atom. The van der Waals surface area contributed by atoms with Gasteiger partial charge in [0.25, 0.3) is 0 Å². The highest BCUT2D eigenvalue weighted by Gasteiger charge is 2.25. The quantitative estimate of drug-likeness (QED) is 0.834. The van der Waals surface area contributed by atoms with Crippen molar-refractivity contribution in [2.45, 2.75) is 38.2 Å². The molecule has 2 aliphatic rings. The van der Waals surface area contributed by atoms with Gasteiger partial charge in [-0.05, 0) is 37.3 Å². The number of methoxy groups -OCH3 is 1. The van der Waals surface area contributed by atoms with Gasteiger partial charge in [-0.15, -0.1) is 0 Å². The van der Waals surface area contributed by atoms with E-state index in [2.05, 4.69) is 16.3 Å². The Morgan fingerprint density at radius 2 is 2.04 bits per heavy atom. The Balaban J connectivity index is 1.40. The van der Waals surface area contributed by atoms with E-state index in [4.69, 9.17) is 9.47 Å². The van der Waals surface area contributed by atoms with Gasteiger partial charge in [0.1, 0.15) is 12.4 Å². The number of carbonyl (C=O) groups excluding carboxylic acids is 1. The number of nitrogens with one attached hydrogen (secondary N) is 1. The van der Waals surface area contributed by atoms with Crippen LogP contribution in [-0.4, -0.2) is 45.4 Å². The van der Waals surface area contributed by atoms with E-state index in [0.717, 1.165) is 50.3 Å². The summed E-state index contributed by atoms with van der Waals surface area (Å²) in [6, 6.07) is 8.10. The zero-order chi connectivity index (χ0) is 16.8. The summed E-state index contributed by atoms with van der Waals surface area (Å²) in [6.45, 7) is 2.87. The van der Waals surface area contributed by atoms with Crippen LogP contribution in [0.25, 0.3) is 0 Å². The summed E-state index contributed by atoms with van der Waals surface area (Å²) in [5.74, 6) is 1.40. The van der Waals surface area contributed by atoms with Gasteiger partial charge in [-0.1, -0.05) is 25.0 Å². The van der Waals surface area contributed by atoms with Crippen LogP contribution >= 0.6 is 0 Å². The first-order valence-corrected chi connectivity index (χ1v) is 9.02. The second kappa shape index (κ2) is 8.38. The molecule has 1 aromatic carbocycles. The smallest absolute Gasteiger partial charge is 0.246 e. The van der Waals surface area contributed by atoms with Crippen molar-refractivity contribution in [1.82, 2.24) is 5.32 Å². The number of benzene rings is 1. The summed E-state index contributed by atoms with van der Waals surface area (Å²) >= 11 is 0. The summed E-state index contributed by atoms with van der Waals surface area (Å²) in [6.07, 6.45) is 6.04. The topological polar surface area (TPSA) is 50.8 Å². The highest BCUT2D eigenvalue weighted by atomic mass is 16.5. The number of para-hydroxylation sites is 2. The Labute approximate surface area is 144 Å². The van der Waals surface area contributed by atoms with Crippen molar-refractivity contribution in [1.29, 1.82) is 0 Å². The van der Waals surface area contributed by atoms with E-state index in [0.29, 0.717) is 12.0 Å². The molecule has 5 nitrogen and oxygen atoms in total. The standard InChI is InChI=1S/C19H28N2O3/c1-23-18-9-5-4-8-17(18)21-11-10-15(13-21)12-20-19(22)14-24-16-6-2-3-7-16/h4-5,8-9,15-16H,2-3,6-7,10-14H2,1H3,(H,20,22). The Morgan fingerprint density at radius 1 is 1.25 bits per heavy atom. The van der Waals surface area contributed by atoms with Gasteiger partial charge >= 0.3 is 0 Å². The largest absolute Gasteiger partial charge is 0.495 e. The zero-order valence-electron chi connectivity index (χ0n) is 14.5. The maximum absolute atomic E-state index is 11.9. The summed E-state index contributed by atoms with van der Waals surface area (Å²) in [5.41, 5.74) is 1.14. The van der Waals surface area contributed by atoms with Crippen molar-refractivity contribution >= 4 is 11.6 Å². The van der Waals surface area contributed by atoms with Gasteiger partial charge in [0.2, 0.25) is 5.91 Å². The highest BCUT2D eigenvalue weighted by molar-refractivity contribution is 5.77. The van der Waals surface area contributed by atoms with Gasteiger partial charge in [0.05, 0.1) is 18.9 Å². The Kier molecular flexibility index (Phi) is 5.96. The fraction of sp³-hybridized carbons (Fsp3) is 0.632. The molecule has 1 aliphatic heterocycles. The predicted molar refractivity (Wildman–Crippen MR) is 94.5 cm³/mol. The molecule has 1 unspecified atom stereocenters. The Bertz CT molecular complexity index is 543. The lowest BCUT2D eigenvalue weighted by Gasteiger charge is -2.21. The molecule has 0 radical (unpaired) electrons. The third-order valence-electron chi connectivity index (χ3n) is 5.05. The van der Waals surface area contributed by atoms with Gasteiger partial charge in [0.15, 0.2) is 0 Å². The van der Waals surface area contributed by atoms with Crippen LogP contribution in [0, 0.1) is 5.92 Å². The number of nitrogens with zero attached hydrogens (tertiary/aromatic N) is 1. The molecule has 24 heavy (non-hydrogen) atoms. The second-order valence-corrected chi connectivity index (χ2v) is 6.79. The van der Waals surface area contributed by atoms with Crippen LogP contribution in [0.4, 0.5) is 5.69 Å². The molecule has 1 aromatic rings. The molecule has 0 aromatic heterocycles. The van der Waals surface area contributed by atoms with E-state index in [-0.39, 0.29) is 12.5 Å². The minimum atomic E-state index is 0.0117. The molecule has 1 aliphatic carbocycles. The zero-order valence-corrected chi connectivity index (χ0v) is 14.5. The molecule has 0 bridgehead atoms. The molecule has 5 heteroatoms. The molecule has 1 saturated heterocycles. The van der Waals surface area contributed by atoms with Crippen LogP contribution in [0.15, 0.2) is 24.3 Å². The van der Waals surface area contributed by atoms with Crippen LogP contribution in [0.2, 0.25) is 0 Å². The SMILES string of the molecule is COc1ccccc1N1CCC(CNC(=O)COC2CCCC2)C1. The first-order chi connectivity index (χ1) is 11.8. The number of carbonyl (C=O) groups is 1.